The second-order valence-electron chi connectivity index (χ2n) is 4.19. The van der Waals surface area contributed by atoms with Crippen LogP contribution in [0, 0.1) is 5.92 Å². The third kappa shape index (κ3) is 5.58. The van der Waals surface area contributed by atoms with E-state index < -0.39 is 0 Å². The van der Waals surface area contributed by atoms with E-state index in [4.69, 9.17) is 4.74 Å². The van der Waals surface area contributed by atoms with Gasteiger partial charge in [0.15, 0.2) is 0 Å². The molecule has 1 aromatic rings. The molecule has 0 N–H and O–H groups in total. The van der Waals surface area contributed by atoms with E-state index in [1.807, 2.05) is 6.07 Å². The van der Waals surface area contributed by atoms with Crippen LogP contribution in [0.5, 0.6) is 0 Å². The molecule has 0 aliphatic carbocycles. The Morgan fingerprint density at radius 2 is 1.93 bits per heavy atom. The first-order valence-electron chi connectivity index (χ1n) is 5.94. The Labute approximate surface area is 93.5 Å². The van der Waals surface area contributed by atoms with E-state index >= 15 is 0 Å². The van der Waals surface area contributed by atoms with Gasteiger partial charge in [0, 0.05) is 6.61 Å². The summed E-state index contributed by atoms with van der Waals surface area (Å²) in [4.78, 5) is 0. The summed E-state index contributed by atoms with van der Waals surface area (Å²) in [5, 5.41) is 0. The molecule has 84 valence electrons. The van der Waals surface area contributed by atoms with Crippen molar-refractivity contribution in [1.82, 2.24) is 0 Å². The topological polar surface area (TPSA) is 9.23 Å². The molecule has 0 heterocycles. The van der Waals surface area contributed by atoms with Crippen LogP contribution in [-0.4, -0.2) is 6.61 Å². The van der Waals surface area contributed by atoms with Gasteiger partial charge in [0.25, 0.3) is 0 Å². The standard InChI is InChI=1S/C14H22O/c1-3-13(2)8-7-11-15-12-14-9-5-4-6-10-14/h4-6,9-10,13H,3,7-8,11-12H2,1-2H3/t13-/m0/s1. The molecule has 1 atom stereocenters. The zero-order valence-corrected chi connectivity index (χ0v) is 9.91. The minimum Gasteiger partial charge on any atom is -0.377 e. The van der Waals surface area contributed by atoms with Gasteiger partial charge in [-0.1, -0.05) is 50.6 Å². The molecule has 0 saturated heterocycles. The van der Waals surface area contributed by atoms with Crippen molar-refractivity contribution in [2.45, 2.75) is 39.7 Å². The van der Waals surface area contributed by atoms with E-state index in [-0.39, 0.29) is 0 Å². The number of hydrogen-bond acceptors (Lipinski definition) is 1. The van der Waals surface area contributed by atoms with Gasteiger partial charge in [0.1, 0.15) is 0 Å². The van der Waals surface area contributed by atoms with Gasteiger partial charge in [0.05, 0.1) is 6.61 Å². The van der Waals surface area contributed by atoms with Crippen LogP contribution in [0.15, 0.2) is 30.3 Å². The molecule has 1 heteroatoms. The van der Waals surface area contributed by atoms with Gasteiger partial charge in [-0.2, -0.15) is 0 Å². The molecule has 0 spiro atoms. The molecule has 0 amide bonds. The van der Waals surface area contributed by atoms with Crippen molar-refractivity contribution in [2.75, 3.05) is 6.61 Å². The fraction of sp³-hybridized carbons (Fsp3) is 0.571. The molecule has 0 bridgehead atoms. The molecule has 15 heavy (non-hydrogen) atoms. The summed E-state index contributed by atoms with van der Waals surface area (Å²) in [6, 6.07) is 10.4. The first-order chi connectivity index (χ1) is 7.33. The first kappa shape index (κ1) is 12.3. The molecule has 1 nitrogen and oxygen atoms in total. The molecule has 1 rings (SSSR count). The zero-order chi connectivity index (χ0) is 10.9. The lowest BCUT2D eigenvalue weighted by Gasteiger charge is -2.08. The number of ether oxygens (including phenoxy) is 1. The van der Waals surface area contributed by atoms with E-state index in [1.54, 1.807) is 0 Å². The van der Waals surface area contributed by atoms with Crippen molar-refractivity contribution in [1.29, 1.82) is 0 Å². The maximum Gasteiger partial charge on any atom is 0.0716 e. The Morgan fingerprint density at radius 1 is 1.20 bits per heavy atom. The Morgan fingerprint density at radius 3 is 2.60 bits per heavy atom. The van der Waals surface area contributed by atoms with Crippen LogP contribution in [0.3, 0.4) is 0 Å². The predicted molar refractivity (Wildman–Crippen MR) is 64.8 cm³/mol. The lowest BCUT2D eigenvalue weighted by Crippen LogP contribution is -1.99. The Hall–Kier alpha value is -0.820. The minimum absolute atomic E-state index is 0.751. The van der Waals surface area contributed by atoms with Gasteiger partial charge in [-0.25, -0.2) is 0 Å². The van der Waals surface area contributed by atoms with Crippen LogP contribution < -0.4 is 0 Å². The SMILES string of the molecule is CC[C@H](C)CCCOCc1ccccc1. The third-order valence-corrected chi connectivity index (χ3v) is 2.79. The van der Waals surface area contributed by atoms with Crippen LogP contribution in [0.25, 0.3) is 0 Å². The van der Waals surface area contributed by atoms with Crippen molar-refractivity contribution < 1.29 is 4.74 Å². The summed E-state index contributed by atoms with van der Waals surface area (Å²) in [6.07, 6.45) is 3.74. The van der Waals surface area contributed by atoms with E-state index in [0.717, 1.165) is 19.1 Å². The normalized spacial score (nSPS) is 12.7. The van der Waals surface area contributed by atoms with Crippen LogP contribution in [0.2, 0.25) is 0 Å². The Balaban J connectivity index is 2.03. The Kier molecular flexibility index (Phi) is 6.10. The van der Waals surface area contributed by atoms with Crippen molar-refractivity contribution in [3.8, 4) is 0 Å². The molecule has 0 aromatic heterocycles. The third-order valence-electron chi connectivity index (χ3n) is 2.79. The zero-order valence-electron chi connectivity index (χ0n) is 9.91. The summed E-state index contributed by atoms with van der Waals surface area (Å²) in [5.41, 5.74) is 1.26. The van der Waals surface area contributed by atoms with Crippen molar-refractivity contribution in [2.24, 2.45) is 5.92 Å². The molecule has 0 aliphatic rings. The van der Waals surface area contributed by atoms with E-state index in [2.05, 4.69) is 38.1 Å². The van der Waals surface area contributed by atoms with Gasteiger partial charge >= 0.3 is 0 Å². The highest BCUT2D eigenvalue weighted by molar-refractivity contribution is 5.13. The summed E-state index contributed by atoms with van der Waals surface area (Å²) in [7, 11) is 0. The fourth-order valence-electron chi connectivity index (χ4n) is 1.50. The summed E-state index contributed by atoms with van der Waals surface area (Å²) < 4.78 is 5.61. The van der Waals surface area contributed by atoms with Crippen LogP contribution >= 0.6 is 0 Å². The summed E-state index contributed by atoms with van der Waals surface area (Å²) >= 11 is 0. The monoisotopic (exact) mass is 206 g/mol. The van der Waals surface area contributed by atoms with E-state index in [9.17, 15) is 0 Å². The van der Waals surface area contributed by atoms with Crippen molar-refractivity contribution in [3.05, 3.63) is 35.9 Å². The quantitative estimate of drug-likeness (QED) is 0.612. The average Bonchev–Trinajstić information content (AvgIpc) is 2.29. The molecular formula is C14H22O. The van der Waals surface area contributed by atoms with Crippen LogP contribution in [-0.2, 0) is 11.3 Å². The Bertz CT molecular complexity index is 243. The van der Waals surface area contributed by atoms with Crippen LogP contribution in [0.4, 0.5) is 0 Å². The second kappa shape index (κ2) is 7.47. The maximum atomic E-state index is 5.61. The number of benzene rings is 1. The molecule has 1 aromatic carbocycles. The number of hydrogen-bond donors (Lipinski definition) is 0. The number of rotatable bonds is 7. The molecule has 0 unspecified atom stereocenters. The van der Waals surface area contributed by atoms with Gasteiger partial charge in [-0.3, -0.25) is 0 Å². The van der Waals surface area contributed by atoms with Crippen molar-refractivity contribution >= 4 is 0 Å². The van der Waals surface area contributed by atoms with Crippen LogP contribution in [0.1, 0.15) is 38.7 Å². The summed E-state index contributed by atoms with van der Waals surface area (Å²) in [5.74, 6) is 0.838. The van der Waals surface area contributed by atoms with Gasteiger partial charge in [-0.15, -0.1) is 0 Å². The largest absolute Gasteiger partial charge is 0.377 e. The van der Waals surface area contributed by atoms with Gasteiger partial charge in [-0.05, 0) is 24.3 Å². The molecule has 0 fully saturated rings. The smallest absolute Gasteiger partial charge is 0.0716 e. The average molecular weight is 206 g/mol. The van der Waals surface area contributed by atoms with E-state index in [1.165, 1.54) is 24.8 Å². The molecule has 0 aliphatic heterocycles. The molecule has 0 saturated carbocycles. The maximum absolute atomic E-state index is 5.61. The van der Waals surface area contributed by atoms with Gasteiger partial charge in [0.2, 0.25) is 0 Å². The minimum atomic E-state index is 0.751. The van der Waals surface area contributed by atoms with Crippen molar-refractivity contribution in [3.63, 3.8) is 0 Å². The van der Waals surface area contributed by atoms with Gasteiger partial charge < -0.3 is 4.74 Å². The summed E-state index contributed by atoms with van der Waals surface area (Å²) in [6.45, 7) is 6.19. The highest BCUT2D eigenvalue weighted by atomic mass is 16.5. The highest BCUT2D eigenvalue weighted by Gasteiger charge is 1.98. The predicted octanol–water partition coefficient (Wildman–Crippen LogP) is 4.03. The lowest BCUT2D eigenvalue weighted by atomic mass is 10.0. The first-order valence-corrected chi connectivity index (χ1v) is 5.94. The lowest BCUT2D eigenvalue weighted by molar-refractivity contribution is 0.114. The van der Waals surface area contributed by atoms with E-state index in [0.29, 0.717) is 0 Å². The highest BCUT2D eigenvalue weighted by Crippen LogP contribution is 2.09. The molecular weight excluding hydrogens is 184 g/mol. The fourth-order valence-corrected chi connectivity index (χ4v) is 1.50. The molecule has 0 radical (unpaired) electrons. The second-order valence-corrected chi connectivity index (χ2v) is 4.19.